The van der Waals surface area contributed by atoms with Crippen molar-refractivity contribution in [2.75, 3.05) is 14.1 Å². The number of hydrogen-bond donors (Lipinski definition) is 1. The summed E-state index contributed by atoms with van der Waals surface area (Å²) >= 11 is 0. The molecule has 6 heteroatoms. The van der Waals surface area contributed by atoms with Gasteiger partial charge in [-0.15, -0.1) is 12.4 Å². The van der Waals surface area contributed by atoms with E-state index in [0.29, 0.717) is 0 Å². The molecule has 0 aliphatic heterocycles. The molecule has 0 atom stereocenters. The van der Waals surface area contributed by atoms with Crippen molar-refractivity contribution in [1.29, 1.82) is 0 Å². The first-order valence-electron chi connectivity index (χ1n) is 5.89. The van der Waals surface area contributed by atoms with Gasteiger partial charge in [-0.3, -0.25) is 0 Å². The van der Waals surface area contributed by atoms with Crippen molar-refractivity contribution in [2.45, 2.75) is 13.8 Å². The van der Waals surface area contributed by atoms with E-state index in [-0.39, 0.29) is 65.5 Å². The molecule has 1 N–H and O–H groups in total. The number of nitrogens with zero attached hydrogens (tertiary/aromatic N) is 3. The van der Waals surface area contributed by atoms with E-state index >= 15 is 0 Å². The Kier molecular flexibility index (Phi) is 13.7. The quantitative estimate of drug-likeness (QED) is 0.232. The third-order valence-electron chi connectivity index (χ3n) is 2.62. The first kappa shape index (κ1) is 23.1. The van der Waals surface area contributed by atoms with E-state index < -0.39 is 0 Å². The summed E-state index contributed by atoms with van der Waals surface area (Å²) in [7, 11) is 3.49. The summed E-state index contributed by atoms with van der Waals surface area (Å²) in [6, 6.07) is 8.39. The van der Waals surface area contributed by atoms with Crippen molar-refractivity contribution in [3.8, 4) is 0 Å². The van der Waals surface area contributed by atoms with E-state index in [1.54, 1.807) is 11.9 Å². The SMILES string of the molecule is CN=[C-][C-](C)N(C)[C-]=Nc1ccccc1C(C)=CO.[V+2].[Yb]. The number of benzene rings is 1. The van der Waals surface area contributed by atoms with E-state index in [1.807, 2.05) is 45.2 Å². The van der Waals surface area contributed by atoms with Gasteiger partial charge >= 0.3 is 18.6 Å². The van der Waals surface area contributed by atoms with Gasteiger partial charge in [0.1, 0.15) is 0 Å². The molecule has 0 saturated heterocycles. The van der Waals surface area contributed by atoms with Crippen LogP contribution in [0.2, 0.25) is 0 Å². The molecule has 4 nitrogen and oxygen atoms in total. The van der Waals surface area contributed by atoms with Crippen LogP contribution in [0.4, 0.5) is 5.69 Å². The summed E-state index contributed by atoms with van der Waals surface area (Å²) in [6.45, 7) is 3.70. The van der Waals surface area contributed by atoms with Gasteiger partial charge < -0.3 is 32.2 Å². The molecule has 0 aliphatic rings. The fourth-order valence-corrected chi connectivity index (χ4v) is 1.41. The summed E-state index contributed by atoms with van der Waals surface area (Å²) in [5.74, 6) is 0. The maximum absolute atomic E-state index is 9.09. The summed E-state index contributed by atoms with van der Waals surface area (Å²) in [5.41, 5.74) is 2.38. The zero-order valence-electron chi connectivity index (χ0n) is 12.4. The van der Waals surface area contributed by atoms with Crippen molar-refractivity contribution in [1.82, 2.24) is 4.90 Å². The average Bonchev–Trinajstić information content (AvgIpc) is 2.44. The molecular formula is C15H18N3OVYb-. The third kappa shape index (κ3) is 7.62. The summed E-state index contributed by atoms with van der Waals surface area (Å²) in [4.78, 5) is 9.83. The van der Waals surface area contributed by atoms with Crippen LogP contribution in [0.5, 0.6) is 0 Å². The van der Waals surface area contributed by atoms with Gasteiger partial charge in [0.05, 0.1) is 6.26 Å². The van der Waals surface area contributed by atoms with Crippen LogP contribution in [-0.4, -0.2) is 36.7 Å². The zero-order valence-corrected chi connectivity index (χ0v) is 15.5. The number of aliphatic imine (C=N–C) groups is 2. The fraction of sp³-hybridized carbons (Fsp3) is 0.267. The van der Waals surface area contributed by atoms with Crippen LogP contribution in [0.15, 0.2) is 40.5 Å². The van der Waals surface area contributed by atoms with Gasteiger partial charge in [0.25, 0.3) is 0 Å². The third-order valence-corrected chi connectivity index (χ3v) is 2.62. The second-order valence-corrected chi connectivity index (χ2v) is 4.02. The predicted molar refractivity (Wildman–Crippen MR) is 79.9 cm³/mol. The number of aliphatic hydroxyl groups is 1. The number of allylic oxidation sites excluding steroid dienone is 1. The van der Waals surface area contributed by atoms with Crippen LogP contribution in [0.3, 0.4) is 0 Å². The minimum Gasteiger partial charge on any atom is -0.610 e. The van der Waals surface area contributed by atoms with Crippen molar-refractivity contribution >= 4 is 23.8 Å². The summed E-state index contributed by atoms with van der Waals surface area (Å²) < 4.78 is 0. The van der Waals surface area contributed by atoms with Gasteiger partial charge in [-0.25, -0.2) is 0 Å². The molecule has 1 rings (SSSR count). The molecule has 1 aromatic carbocycles. The zero-order chi connectivity index (χ0) is 14.3. The molecule has 119 valence electrons. The molecule has 1 aromatic rings. The van der Waals surface area contributed by atoms with E-state index in [2.05, 4.69) is 22.5 Å². The monoisotopic (exact) mass is 481 g/mol. The molecule has 0 unspecified atom stereocenters. The van der Waals surface area contributed by atoms with Crippen molar-refractivity contribution in [3.63, 3.8) is 0 Å². The first-order valence-corrected chi connectivity index (χ1v) is 5.89. The van der Waals surface area contributed by atoms with Gasteiger partial charge in [0.2, 0.25) is 0 Å². The molecule has 0 heterocycles. The van der Waals surface area contributed by atoms with E-state index in [9.17, 15) is 0 Å². The Morgan fingerprint density at radius 1 is 1.38 bits per heavy atom. The van der Waals surface area contributed by atoms with Crippen LogP contribution in [0.25, 0.3) is 5.57 Å². The van der Waals surface area contributed by atoms with Crippen LogP contribution in [-0.2, 0) is 18.6 Å². The van der Waals surface area contributed by atoms with Gasteiger partial charge in [0.15, 0.2) is 0 Å². The van der Waals surface area contributed by atoms with Crippen LogP contribution >= 0.6 is 0 Å². The van der Waals surface area contributed by atoms with Crippen molar-refractivity contribution < 1.29 is 70.6 Å². The number of hydrogen-bond acceptors (Lipinski definition) is 3. The predicted octanol–water partition coefficient (Wildman–Crippen LogP) is 3.20. The van der Waals surface area contributed by atoms with Crippen LogP contribution < -0.4 is 0 Å². The van der Waals surface area contributed by atoms with Gasteiger partial charge in [-0.05, 0) is 26.6 Å². The maximum atomic E-state index is 9.09. The molecule has 0 aliphatic carbocycles. The molecule has 1 radical (unpaired) electrons. The van der Waals surface area contributed by atoms with Crippen LogP contribution in [0.1, 0.15) is 19.4 Å². The van der Waals surface area contributed by atoms with E-state index in [1.165, 1.54) is 0 Å². The normalized spacial score (nSPS) is 11.1. The Morgan fingerprint density at radius 3 is 2.57 bits per heavy atom. The smallest absolute Gasteiger partial charge is 0.610 e. The molecule has 0 fully saturated rings. The van der Waals surface area contributed by atoms with Gasteiger partial charge in [-0.1, -0.05) is 29.4 Å². The summed E-state index contributed by atoms with van der Waals surface area (Å²) in [6.07, 6.45) is 6.79. The molecule has 0 bridgehead atoms. The second kappa shape index (κ2) is 12.4. The van der Waals surface area contributed by atoms with Gasteiger partial charge in [0, 0.05) is 46.9 Å². The molecule has 0 aromatic heterocycles. The maximum Gasteiger partial charge on any atom is 2.00 e. The first-order chi connectivity index (χ1) is 9.10. The Morgan fingerprint density at radius 2 is 2.00 bits per heavy atom. The van der Waals surface area contributed by atoms with Gasteiger partial charge in [-0.2, -0.15) is 6.92 Å². The largest absolute Gasteiger partial charge is 2.00 e. The standard InChI is InChI=1S/C15H18N3O.V.Yb/c1-12(10-19)14-7-5-6-8-15(14)17-11-18(4)13(2)9-16-3;;/h5-8,10,19H,1-4H3;;/q-3;+2;. The van der Waals surface area contributed by atoms with Crippen LogP contribution in [0, 0.1) is 53.0 Å². The van der Waals surface area contributed by atoms with Crippen molar-refractivity contribution in [3.05, 3.63) is 42.1 Å². The number of para-hydroxylation sites is 1. The minimum absolute atomic E-state index is 0. The molecule has 0 saturated carbocycles. The second-order valence-electron chi connectivity index (χ2n) is 4.02. The average molecular weight is 480 g/mol. The van der Waals surface area contributed by atoms with Crippen molar-refractivity contribution in [2.24, 2.45) is 9.98 Å². The minimum atomic E-state index is 0. The number of rotatable bonds is 5. The molecule has 21 heavy (non-hydrogen) atoms. The van der Waals surface area contributed by atoms with E-state index in [0.717, 1.165) is 29.1 Å². The summed E-state index contributed by atoms with van der Waals surface area (Å²) in [5, 5.41) is 9.09. The molecule has 0 spiro atoms. The fourth-order valence-electron chi connectivity index (χ4n) is 1.41. The molecular weight excluding hydrogens is 462 g/mol. The van der Waals surface area contributed by atoms with E-state index in [4.69, 9.17) is 5.11 Å². The Hall–Kier alpha value is -0.126. The Labute approximate surface area is 177 Å². The Balaban J connectivity index is 0. The molecule has 0 amide bonds. The topological polar surface area (TPSA) is 48.2 Å². The number of aliphatic hydroxyl groups excluding tert-OH is 1. The Bertz CT molecular complexity index is 503.